The molecular weight excluding hydrogens is 282 g/mol. The summed E-state index contributed by atoms with van der Waals surface area (Å²) < 4.78 is 10.9. The van der Waals surface area contributed by atoms with Crippen molar-refractivity contribution in [3.05, 3.63) is 18.2 Å². The summed E-state index contributed by atoms with van der Waals surface area (Å²) in [7, 11) is 0. The first-order chi connectivity index (χ1) is 10.7. The van der Waals surface area contributed by atoms with E-state index >= 15 is 0 Å². The van der Waals surface area contributed by atoms with E-state index in [1.54, 1.807) is 6.92 Å². The first kappa shape index (κ1) is 15.1. The third-order valence-corrected chi connectivity index (χ3v) is 4.02. The number of carbonyl (C=O) groups excluding carboxylic acids is 1. The maximum absolute atomic E-state index is 11.5. The fourth-order valence-electron chi connectivity index (χ4n) is 2.90. The Kier molecular flexibility index (Phi) is 4.80. The summed E-state index contributed by atoms with van der Waals surface area (Å²) in [5, 5.41) is 2.94. The standard InChI is InChI=1S/C16H23N3O3/c1-13(20)17-15-3-2-14(18-4-8-21-9-5-18)12-16(15)19-6-10-22-11-7-19/h2-3,12H,4-11H2,1H3,(H,17,20). The smallest absolute Gasteiger partial charge is 0.221 e. The van der Waals surface area contributed by atoms with Crippen molar-refractivity contribution in [2.45, 2.75) is 6.92 Å². The number of carbonyl (C=O) groups is 1. The van der Waals surface area contributed by atoms with Gasteiger partial charge < -0.3 is 24.6 Å². The Morgan fingerprint density at radius 2 is 1.59 bits per heavy atom. The van der Waals surface area contributed by atoms with Gasteiger partial charge in [-0.3, -0.25) is 4.79 Å². The Bertz CT molecular complexity index is 523. The van der Waals surface area contributed by atoms with E-state index in [1.165, 1.54) is 5.69 Å². The van der Waals surface area contributed by atoms with Crippen LogP contribution in [0.1, 0.15) is 6.92 Å². The van der Waals surface area contributed by atoms with Gasteiger partial charge in [0.2, 0.25) is 5.91 Å². The fourth-order valence-corrected chi connectivity index (χ4v) is 2.90. The van der Waals surface area contributed by atoms with Crippen LogP contribution in [-0.2, 0) is 14.3 Å². The monoisotopic (exact) mass is 305 g/mol. The number of morpholine rings is 2. The minimum absolute atomic E-state index is 0.0476. The maximum Gasteiger partial charge on any atom is 0.221 e. The van der Waals surface area contributed by atoms with Crippen LogP contribution < -0.4 is 15.1 Å². The second-order valence-electron chi connectivity index (χ2n) is 5.58. The number of nitrogens with one attached hydrogen (secondary N) is 1. The van der Waals surface area contributed by atoms with Gasteiger partial charge in [0.25, 0.3) is 0 Å². The highest BCUT2D eigenvalue weighted by atomic mass is 16.5. The van der Waals surface area contributed by atoms with Crippen LogP contribution in [0.25, 0.3) is 0 Å². The van der Waals surface area contributed by atoms with E-state index in [0.717, 1.165) is 64.0 Å². The quantitative estimate of drug-likeness (QED) is 0.913. The van der Waals surface area contributed by atoms with Crippen molar-refractivity contribution in [3.63, 3.8) is 0 Å². The molecule has 1 N–H and O–H groups in total. The van der Waals surface area contributed by atoms with E-state index in [-0.39, 0.29) is 5.91 Å². The summed E-state index contributed by atoms with van der Waals surface area (Å²) in [5.41, 5.74) is 3.12. The molecule has 120 valence electrons. The van der Waals surface area contributed by atoms with Crippen molar-refractivity contribution in [1.82, 2.24) is 0 Å². The Labute approximate surface area is 131 Å². The number of benzene rings is 1. The third-order valence-electron chi connectivity index (χ3n) is 4.02. The summed E-state index contributed by atoms with van der Waals surface area (Å²) in [6, 6.07) is 6.24. The Balaban J connectivity index is 1.88. The van der Waals surface area contributed by atoms with E-state index in [0.29, 0.717) is 0 Å². The minimum atomic E-state index is -0.0476. The molecule has 2 aliphatic heterocycles. The minimum Gasteiger partial charge on any atom is -0.378 e. The molecule has 22 heavy (non-hydrogen) atoms. The molecule has 0 aromatic heterocycles. The van der Waals surface area contributed by atoms with Crippen molar-refractivity contribution < 1.29 is 14.3 Å². The zero-order valence-corrected chi connectivity index (χ0v) is 13.0. The number of rotatable bonds is 3. The topological polar surface area (TPSA) is 54.0 Å². The maximum atomic E-state index is 11.5. The molecule has 1 amide bonds. The molecule has 6 heteroatoms. The molecule has 2 saturated heterocycles. The lowest BCUT2D eigenvalue weighted by atomic mass is 10.1. The molecule has 0 aliphatic carbocycles. The molecule has 1 aromatic carbocycles. The zero-order chi connectivity index (χ0) is 15.4. The van der Waals surface area contributed by atoms with Crippen LogP contribution in [0.5, 0.6) is 0 Å². The summed E-state index contributed by atoms with van der Waals surface area (Å²) in [4.78, 5) is 16.1. The fraction of sp³-hybridized carbons (Fsp3) is 0.562. The first-order valence-corrected chi connectivity index (χ1v) is 7.81. The van der Waals surface area contributed by atoms with Crippen LogP contribution in [0, 0.1) is 0 Å². The third kappa shape index (κ3) is 3.51. The SMILES string of the molecule is CC(=O)Nc1ccc(N2CCOCC2)cc1N1CCOCC1. The molecule has 0 radical (unpaired) electrons. The largest absolute Gasteiger partial charge is 0.378 e. The van der Waals surface area contributed by atoms with E-state index < -0.39 is 0 Å². The van der Waals surface area contributed by atoms with E-state index in [2.05, 4.69) is 27.2 Å². The van der Waals surface area contributed by atoms with Gasteiger partial charge in [0.15, 0.2) is 0 Å². The molecule has 0 atom stereocenters. The lowest BCUT2D eigenvalue weighted by Crippen LogP contribution is -2.38. The first-order valence-electron chi connectivity index (χ1n) is 7.81. The zero-order valence-electron chi connectivity index (χ0n) is 13.0. The van der Waals surface area contributed by atoms with Gasteiger partial charge in [0.1, 0.15) is 0 Å². The lowest BCUT2D eigenvalue weighted by molar-refractivity contribution is -0.114. The molecule has 2 aliphatic rings. The number of amides is 1. The highest BCUT2D eigenvalue weighted by Gasteiger charge is 2.18. The van der Waals surface area contributed by atoms with Crippen LogP contribution in [0.4, 0.5) is 17.1 Å². The Morgan fingerprint density at radius 3 is 2.18 bits per heavy atom. The van der Waals surface area contributed by atoms with Crippen LogP contribution in [-0.4, -0.2) is 58.5 Å². The van der Waals surface area contributed by atoms with Gasteiger partial charge in [-0.15, -0.1) is 0 Å². The Hall–Kier alpha value is -1.79. The van der Waals surface area contributed by atoms with Crippen molar-refractivity contribution in [3.8, 4) is 0 Å². The van der Waals surface area contributed by atoms with E-state index in [1.807, 2.05) is 6.07 Å². The summed E-state index contributed by atoms with van der Waals surface area (Å²) >= 11 is 0. The number of anilines is 3. The second kappa shape index (κ2) is 6.98. The van der Waals surface area contributed by atoms with Crippen LogP contribution in [0.3, 0.4) is 0 Å². The number of hydrogen-bond donors (Lipinski definition) is 1. The highest BCUT2D eigenvalue weighted by Crippen LogP contribution is 2.32. The van der Waals surface area contributed by atoms with Crippen molar-refractivity contribution in [2.75, 3.05) is 67.7 Å². The van der Waals surface area contributed by atoms with Gasteiger partial charge in [-0.2, -0.15) is 0 Å². The molecule has 2 heterocycles. The molecule has 0 spiro atoms. The molecule has 6 nitrogen and oxygen atoms in total. The van der Waals surface area contributed by atoms with Crippen molar-refractivity contribution >= 4 is 23.0 Å². The van der Waals surface area contributed by atoms with Crippen LogP contribution >= 0.6 is 0 Å². The van der Waals surface area contributed by atoms with Gasteiger partial charge in [0.05, 0.1) is 37.8 Å². The molecule has 2 fully saturated rings. The van der Waals surface area contributed by atoms with E-state index in [4.69, 9.17) is 9.47 Å². The van der Waals surface area contributed by atoms with Gasteiger partial charge in [-0.1, -0.05) is 0 Å². The summed E-state index contributed by atoms with van der Waals surface area (Å²) in [5.74, 6) is -0.0476. The number of nitrogens with zero attached hydrogens (tertiary/aromatic N) is 2. The lowest BCUT2D eigenvalue weighted by Gasteiger charge is -2.33. The predicted octanol–water partition coefficient (Wildman–Crippen LogP) is 1.32. The normalized spacial score (nSPS) is 19.1. The molecular formula is C16H23N3O3. The summed E-state index contributed by atoms with van der Waals surface area (Å²) in [6.45, 7) is 8.02. The molecule has 1 aromatic rings. The van der Waals surface area contributed by atoms with Crippen LogP contribution in [0.15, 0.2) is 18.2 Å². The van der Waals surface area contributed by atoms with Gasteiger partial charge >= 0.3 is 0 Å². The molecule has 0 bridgehead atoms. The van der Waals surface area contributed by atoms with Crippen molar-refractivity contribution in [1.29, 1.82) is 0 Å². The number of hydrogen-bond acceptors (Lipinski definition) is 5. The van der Waals surface area contributed by atoms with Gasteiger partial charge in [-0.25, -0.2) is 0 Å². The molecule has 0 saturated carbocycles. The number of ether oxygens (including phenoxy) is 2. The van der Waals surface area contributed by atoms with Gasteiger partial charge in [0, 0.05) is 38.8 Å². The average Bonchev–Trinajstić information content (AvgIpc) is 2.56. The average molecular weight is 305 g/mol. The highest BCUT2D eigenvalue weighted by molar-refractivity contribution is 5.93. The van der Waals surface area contributed by atoms with Crippen LogP contribution in [0.2, 0.25) is 0 Å². The van der Waals surface area contributed by atoms with Gasteiger partial charge in [-0.05, 0) is 18.2 Å². The summed E-state index contributed by atoms with van der Waals surface area (Å²) in [6.07, 6.45) is 0. The molecule has 3 rings (SSSR count). The van der Waals surface area contributed by atoms with E-state index in [9.17, 15) is 4.79 Å². The predicted molar refractivity (Wildman–Crippen MR) is 86.8 cm³/mol. The molecule has 0 unspecified atom stereocenters. The van der Waals surface area contributed by atoms with Crippen molar-refractivity contribution in [2.24, 2.45) is 0 Å². The Morgan fingerprint density at radius 1 is 1.00 bits per heavy atom. The second-order valence-corrected chi connectivity index (χ2v) is 5.58.